The zero-order valence-electron chi connectivity index (χ0n) is 24.1. The lowest BCUT2D eigenvalue weighted by Crippen LogP contribution is -2.54. The van der Waals surface area contributed by atoms with E-state index in [1.807, 2.05) is 36.2 Å². The van der Waals surface area contributed by atoms with Crippen molar-refractivity contribution < 1.29 is 22.9 Å². The van der Waals surface area contributed by atoms with Crippen LogP contribution in [0, 0.1) is 16.0 Å². The highest BCUT2D eigenvalue weighted by atomic mass is 32.2. The molecule has 1 N–H and O–H groups in total. The van der Waals surface area contributed by atoms with Crippen molar-refractivity contribution in [1.82, 2.24) is 18.8 Å². The molecule has 0 aromatic heterocycles. The molecular weight excluding hydrogens is 578 g/mol. The molecule has 42 heavy (non-hydrogen) atoms. The molecule has 2 amide bonds. The summed E-state index contributed by atoms with van der Waals surface area (Å²) in [7, 11) is -2.04. The van der Waals surface area contributed by atoms with E-state index in [1.165, 1.54) is 39.2 Å². The molecule has 2 aliphatic rings. The summed E-state index contributed by atoms with van der Waals surface area (Å²) in [5.74, 6) is -1.34. The van der Waals surface area contributed by atoms with E-state index in [-0.39, 0.29) is 24.1 Å². The van der Waals surface area contributed by atoms with Crippen molar-refractivity contribution in [3.63, 3.8) is 0 Å². The number of hydrogen-bond acceptors (Lipinski definition) is 8. The molecule has 4 rings (SSSR count). The van der Waals surface area contributed by atoms with Crippen LogP contribution in [0.15, 0.2) is 58.3 Å². The summed E-state index contributed by atoms with van der Waals surface area (Å²) < 4.78 is 28.9. The monoisotopic (exact) mass is 615 g/mol. The van der Waals surface area contributed by atoms with Gasteiger partial charge in [0, 0.05) is 56.3 Å². The quantitative estimate of drug-likeness (QED) is 0.256. The highest BCUT2D eigenvalue weighted by Crippen LogP contribution is 2.39. The van der Waals surface area contributed by atoms with Gasteiger partial charge in [0.05, 0.1) is 15.7 Å². The Bertz CT molecular complexity index is 1450. The first-order valence-corrected chi connectivity index (χ1v) is 16.2. The van der Waals surface area contributed by atoms with E-state index in [0.717, 1.165) is 10.5 Å². The number of nitro groups is 1. The number of nitrogens with zero attached hydrogens (tertiary/aromatic N) is 4. The number of carbonyl (C=O) groups is 2. The van der Waals surface area contributed by atoms with E-state index in [9.17, 15) is 28.1 Å². The van der Waals surface area contributed by atoms with Crippen LogP contribution >= 0.6 is 11.8 Å². The van der Waals surface area contributed by atoms with Gasteiger partial charge in [-0.1, -0.05) is 49.9 Å². The van der Waals surface area contributed by atoms with Gasteiger partial charge < -0.3 is 9.80 Å². The first kappa shape index (κ1) is 31.7. The molecule has 0 bridgehead atoms. The number of carbonyl (C=O) groups excluding carboxylic acids is 2. The van der Waals surface area contributed by atoms with Gasteiger partial charge in [-0.2, -0.15) is 12.7 Å². The number of likely N-dealkylation sites (tertiary alicyclic amines) is 1. The summed E-state index contributed by atoms with van der Waals surface area (Å²) in [6, 6.07) is 12.7. The first-order valence-electron chi connectivity index (χ1n) is 14.0. The average molecular weight is 616 g/mol. The van der Waals surface area contributed by atoms with E-state index in [1.54, 1.807) is 12.1 Å². The molecule has 0 saturated carbocycles. The summed E-state index contributed by atoms with van der Waals surface area (Å²) in [4.78, 5) is 42.3. The predicted octanol–water partition coefficient (Wildman–Crippen LogP) is 3.73. The summed E-state index contributed by atoms with van der Waals surface area (Å²) in [5.41, 5.74) is 1.56. The Kier molecular flexibility index (Phi) is 10.4. The van der Waals surface area contributed by atoms with Crippen LogP contribution in [0.25, 0.3) is 6.08 Å². The highest BCUT2D eigenvalue weighted by Gasteiger charge is 2.33. The van der Waals surface area contributed by atoms with Crippen LogP contribution in [0.4, 0.5) is 5.69 Å². The molecule has 226 valence electrons. The Balaban J connectivity index is 1.40. The lowest BCUT2D eigenvalue weighted by molar-refractivity contribution is -0.387. The minimum atomic E-state index is -3.95. The highest BCUT2D eigenvalue weighted by molar-refractivity contribution is 7.99. The molecule has 0 radical (unpaired) electrons. The van der Waals surface area contributed by atoms with Gasteiger partial charge in [-0.05, 0) is 55.1 Å². The van der Waals surface area contributed by atoms with Crippen molar-refractivity contribution in [3.05, 3.63) is 69.8 Å². The largest absolute Gasteiger partial charge is 0.338 e. The molecule has 13 heteroatoms. The molecule has 2 aliphatic heterocycles. The number of piperidine rings is 1. The number of piperazine rings is 1. The number of benzene rings is 2. The third kappa shape index (κ3) is 7.97. The fourth-order valence-electron chi connectivity index (χ4n) is 5.00. The molecule has 2 aromatic rings. The summed E-state index contributed by atoms with van der Waals surface area (Å²) >= 11 is 1.34. The van der Waals surface area contributed by atoms with E-state index < -0.39 is 27.0 Å². The summed E-state index contributed by atoms with van der Waals surface area (Å²) in [6.07, 6.45) is 3.89. The van der Waals surface area contributed by atoms with Gasteiger partial charge in [0.25, 0.3) is 5.69 Å². The molecule has 0 aliphatic carbocycles. The normalized spacial score (nSPS) is 18.9. The molecule has 2 heterocycles. The van der Waals surface area contributed by atoms with Gasteiger partial charge in [0.1, 0.15) is 0 Å². The molecule has 11 nitrogen and oxygen atoms in total. The molecule has 1 atom stereocenters. The second-order valence-electron chi connectivity index (χ2n) is 10.9. The van der Waals surface area contributed by atoms with Crippen LogP contribution in [-0.2, 0) is 19.8 Å². The Morgan fingerprint density at radius 2 is 1.79 bits per heavy atom. The minimum absolute atomic E-state index is 0.0515. The average Bonchev–Trinajstić information content (AvgIpc) is 2.96. The fourth-order valence-corrected chi connectivity index (χ4v) is 7.38. The van der Waals surface area contributed by atoms with E-state index >= 15 is 0 Å². The van der Waals surface area contributed by atoms with E-state index in [0.29, 0.717) is 56.0 Å². The Labute approximate surface area is 251 Å². The number of rotatable bonds is 9. The van der Waals surface area contributed by atoms with Crippen molar-refractivity contribution in [2.24, 2.45) is 5.92 Å². The van der Waals surface area contributed by atoms with Crippen LogP contribution in [0.1, 0.15) is 43.7 Å². The van der Waals surface area contributed by atoms with Crippen molar-refractivity contribution in [3.8, 4) is 0 Å². The Morgan fingerprint density at radius 1 is 1.07 bits per heavy atom. The molecule has 1 unspecified atom stereocenters. The zero-order valence-corrected chi connectivity index (χ0v) is 25.7. The number of hydrogen-bond donors (Lipinski definition) is 1. The number of nitro benzene ring substituents is 1. The van der Waals surface area contributed by atoms with Gasteiger partial charge in [0.15, 0.2) is 0 Å². The predicted molar refractivity (Wildman–Crippen MR) is 162 cm³/mol. The Morgan fingerprint density at radius 3 is 2.48 bits per heavy atom. The maximum absolute atomic E-state index is 13.0. The topological polar surface area (TPSA) is 133 Å². The minimum Gasteiger partial charge on any atom is -0.338 e. The first-order chi connectivity index (χ1) is 19.9. The maximum Gasteiger partial charge on any atom is 0.303 e. The SMILES string of the molecule is CC(C)c1ccccc1Sc1ccc(C=CC(=O)N2CCCC(C(=O)NS(=O)(=O)N3CCN(C)CC3)C2)cc1[N+](=O)[O-]. The van der Waals surface area contributed by atoms with Crippen LogP contribution in [-0.4, -0.2) is 85.6 Å². The number of amides is 2. The van der Waals surface area contributed by atoms with Gasteiger partial charge in [-0.25, -0.2) is 4.72 Å². The van der Waals surface area contributed by atoms with Crippen LogP contribution < -0.4 is 4.72 Å². The van der Waals surface area contributed by atoms with Gasteiger partial charge in [-0.15, -0.1) is 0 Å². The molecule has 2 fully saturated rings. The third-order valence-electron chi connectivity index (χ3n) is 7.49. The van der Waals surface area contributed by atoms with Crippen molar-refractivity contribution in [1.29, 1.82) is 0 Å². The fraction of sp³-hybridized carbons (Fsp3) is 0.448. The number of nitrogens with one attached hydrogen (secondary N) is 1. The molecule has 2 saturated heterocycles. The van der Waals surface area contributed by atoms with Crippen LogP contribution in [0.2, 0.25) is 0 Å². The maximum atomic E-state index is 13.0. The second kappa shape index (κ2) is 13.8. The van der Waals surface area contributed by atoms with E-state index in [2.05, 4.69) is 18.6 Å². The van der Waals surface area contributed by atoms with Crippen LogP contribution in [0.3, 0.4) is 0 Å². The van der Waals surface area contributed by atoms with Gasteiger partial charge in [-0.3, -0.25) is 19.7 Å². The van der Waals surface area contributed by atoms with Crippen molar-refractivity contribution in [2.45, 2.75) is 42.4 Å². The summed E-state index contributed by atoms with van der Waals surface area (Å²) in [6.45, 7) is 6.47. The lowest BCUT2D eigenvalue weighted by atomic mass is 9.97. The summed E-state index contributed by atoms with van der Waals surface area (Å²) in [5, 5.41) is 11.9. The van der Waals surface area contributed by atoms with Gasteiger partial charge in [0.2, 0.25) is 11.8 Å². The standard InChI is InChI=1S/C29H37N5O6S2/c1-21(2)24-8-4-5-9-26(24)41-27-12-10-22(19-25(27)34(37)38)11-13-28(35)32-14-6-7-23(20-32)29(36)30-42(39,40)33-17-15-31(3)16-18-33/h4-5,8-13,19,21,23H,6-7,14-18,20H2,1-3H3,(H,30,36). The van der Waals surface area contributed by atoms with Gasteiger partial charge >= 0.3 is 10.2 Å². The van der Waals surface area contributed by atoms with Crippen LogP contribution in [0.5, 0.6) is 0 Å². The third-order valence-corrected chi connectivity index (χ3v) is 10.2. The van der Waals surface area contributed by atoms with Crippen molar-refractivity contribution in [2.75, 3.05) is 46.3 Å². The second-order valence-corrected chi connectivity index (χ2v) is 13.7. The lowest BCUT2D eigenvalue weighted by Gasteiger charge is -2.33. The molecule has 0 spiro atoms. The smallest absolute Gasteiger partial charge is 0.303 e. The van der Waals surface area contributed by atoms with E-state index in [4.69, 9.17) is 0 Å². The molecular formula is C29H37N5O6S2. The Hall–Kier alpha value is -3.26. The van der Waals surface area contributed by atoms with Crippen molar-refractivity contribution >= 4 is 45.5 Å². The molecule has 2 aromatic carbocycles. The zero-order chi connectivity index (χ0) is 30.4. The number of likely N-dealkylation sites (N-methyl/N-ethyl adjacent to an activating group) is 1.